The lowest BCUT2D eigenvalue weighted by atomic mass is 9.79. The van der Waals surface area contributed by atoms with Crippen molar-refractivity contribution < 1.29 is 24.5 Å². The van der Waals surface area contributed by atoms with E-state index in [1.165, 1.54) is 4.90 Å². The van der Waals surface area contributed by atoms with Crippen molar-refractivity contribution in [1.82, 2.24) is 9.88 Å². The Morgan fingerprint density at radius 1 is 1.11 bits per heavy atom. The molecular formula is C30H38N2O5S. The van der Waals surface area contributed by atoms with Gasteiger partial charge in [0.1, 0.15) is 11.5 Å². The van der Waals surface area contributed by atoms with Gasteiger partial charge in [0.2, 0.25) is 0 Å². The van der Waals surface area contributed by atoms with Crippen molar-refractivity contribution in [3.05, 3.63) is 60.3 Å². The van der Waals surface area contributed by atoms with E-state index in [1.807, 2.05) is 48.2 Å². The Kier molecular flexibility index (Phi) is 10.3. The molecule has 1 aliphatic heterocycles. The van der Waals surface area contributed by atoms with Gasteiger partial charge in [-0.25, -0.2) is 0 Å². The number of aliphatic hydroxyl groups excluding tert-OH is 1. The number of aliphatic hydroxyl groups is 1. The summed E-state index contributed by atoms with van der Waals surface area (Å²) in [6.45, 7) is 2.87. The van der Waals surface area contributed by atoms with E-state index in [0.717, 1.165) is 66.2 Å². The first kappa shape index (κ1) is 28.2. The lowest BCUT2D eigenvalue weighted by Crippen LogP contribution is -2.41. The van der Waals surface area contributed by atoms with Crippen molar-refractivity contribution in [1.29, 1.82) is 0 Å². The van der Waals surface area contributed by atoms with E-state index in [4.69, 9.17) is 9.47 Å². The van der Waals surface area contributed by atoms with Gasteiger partial charge in [0, 0.05) is 41.7 Å². The summed E-state index contributed by atoms with van der Waals surface area (Å²) in [7, 11) is 3.31. The SMILES string of the molecule is COc1cccc(SCCN2CC[C@@H](CC[C@@H](O)c3ccnc4ccc(OC)cc34)[C@H](CCC(=O)O)C2)c1. The minimum Gasteiger partial charge on any atom is -0.497 e. The van der Waals surface area contributed by atoms with Gasteiger partial charge < -0.3 is 24.6 Å². The van der Waals surface area contributed by atoms with E-state index in [-0.39, 0.29) is 6.42 Å². The first-order valence-corrected chi connectivity index (χ1v) is 14.3. The van der Waals surface area contributed by atoms with Gasteiger partial charge in [-0.2, -0.15) is 0 Å². The number of fused-ring (bicyclic) bond motifs is 1. The fraction of sp³-hybridized carbons (Fsp3) is 0.467. The molecule has 2 heterocycles. The van der Waals surface area contributed by atoms with Crippen molar-refractivity contribution >= 4 is 28.6 Å². The highest BCUT2D eigenvalue weighted by Crippen LogP contribution is 2.35. The molecule has 1 saturated heterocycles. The third-order valence-corrected chi connectivity index (χ3v) is 8.55. The molecule has 3 atom stereocenters. The molecule has 0 unspecified atom stereocenters. The number of pyridine rings is 1. The van der Waals surface area contributed by atoms with Crippen LogP contribution in [-0.2, 0) is 4.79 Å². The molecule has 2 aromatic carbocycles. The number of rotatable bonds is 13. The number of aromatic nitrogens is 1. The molecule has 3 aromatic rings. The molecule has 204 valence electrons. The zero-order valence-electron chi connectivity index (χ0n) is 22.2. The molecule has 0 radical (unpaired) electrons. The number of thioether (sulfide) groups is 1. The van der Waals surface area contributed by atoms with Gasteiger partial charge in [0.05, 0.1) is 25.8 Å². The van der Waals surface area contributed by atoms with Crippen molar-refractivity contribution in [3.8, 4) is 11.5 Å². The highest BCUT2D eigenvalue weighted by Gasteiger charge is 2.30. The number of carboxylic acid groups (broad SMARTS) is 1. The van der Waals surface area contributed by atoms with E-state index < -0.39 is 12.1 Å². The third kappa shape index (κ3) is 7.62. The molecule has 0 spiro atoms. The summed E-state index contributed by atoms with van der Waals surface area (Å²) in [4.78, 5) is 19.4. The summed E-state index contributed by atoms with van der Waals surface area (Å²) < 4.78 is 10.7. The highest BCUT2D eigenvalue weighted by molar-refractivity contribution is 7.99. The molecule has 0 amide bonds. The normalized spacial score (nSPS) is 18.8. The quantitative estimate of drug-likeness (QED) is 0.269. The van der Waals surface area contributed by atoms with Crippen molar-refractivity contribution in [2.45, 2.75) is 43.1 Å². The van der Waals surface area contributed by atoms with E-state index in [9.17, 15) is 15.0 Å². The number of carbonyl (C=O) groups is 1. The van der Waals surface area contributed by atoms with Crippen molar-refractivity contribution in [2.24, 2.45) is 11.8 Å². The molecule has 1 aliphatic rings. The smallest absolute Gasteiger partial charge is 0.303 e. The number of hydrogen-bond acceptors (Lipinski definition) is 7. The van der Waals surface area contributed by atoms with Gasteiger partial charge in [0.15, 0.2) is 0 Å². The fourth-order valence-electron chi connectivity index (χ4n) is 5.45. The highest BCUT2D eigenvalue weighted by atomic mass is 32.2. The van der Waals surface area contributed by atoms with Crippen LogP contribution in [0.15, 0.2) is 59.6 Å². The van der Waals surface area contributed by atoms with E-state index in [0.29, 0.717) is 24.7 Å². The van der Waals surface area contributed by atoms with E-state index >= 15 is 0 Å². The Hall–Kier alpha value is -2.81. The van der Waals surface area contributed by atoms with E-state index in [2.05, 4.69) is 22.0 Å². The molecular weight excluding hydrogens is 500 g/mol. The summed E-state index contributed by atoms with van der Waals surface area (Å²) in [6.07, 6.45) is 4.51. The van der Waals surface area contributed by atoms with Crippen LogP contribution in [0.3, 0.4) is 0 Å². The predicted octanol–water partition coefficient (Wildman–Crippen LogP) is 5.66. The molecule has 8 heteroatoms. The van der Waals surface area contributed by atoms with Crippen LogP contribution in [0.1, 0.15) is 43.8 Å². The average Bonchev–Trinajstić information content (AvgIpc) is 2.94. The first-order chi connectivity index (χ1) is 18.5. The van der Waals surface area contributed by atoms with Crippen LogP contribution in [0.25, 0.3) is 10.9 Å². The zero-order valence-corrected chi connectivity index (χ0v) is 23.0. The standard InChI is InChI=1S/C30H38N2O5S/c1-36-23-4-3-5-25(18-23)38-17-16-32-15-13-21(22(20-32)7-11-30(34)35)6-10-29(33)26-12-14-31-28-9-8-24(37-2)19-27(26)28/h3-5,8-9,12,14,18-19,21-22,29,33H,6-7,10-11,13,15-17,20H2,1-2H3,(H,34,35)/t21-,22-,29-/m1/s1. The van der Waals surface area contributed by atoms with Gasteiger partial charge in [0.25, 0.3) is 0 Å². The molecule has 0 saturated carbocycles. The third-order valence-electron chi connectivity index (χ3n) is 7.57. The van der Waals surface area contributed by atoms with Gasteiger partial charge in [-0.05, 0) is 92.1 Å². The Labute approximate surface area is 229 Å². The fourth-order valence-corrected chi connectivity index (χ4v) is 6.41. The molecule has 2 N–H and O–H groups in total. The van der Waals surface area contributed by atoms with Crippen LogP contribution in [0.4, 0.5) is 0 Å². The largest absolute Gasteiger partial charge is 0.497 e. The molecule has 4 rings (SSSR count). The summed E-state index contributed by atoms with van der Waals surface area (Å²) in [6, 6.07) is 15.7. The molecule has 0 aliphatic carbocycles. The van der Waals surface area contributed by atoms with Crippen molar-refractivity contribution in [2.75, 3.05) is 39.6 Å². The summed E-state index contributed by atoms with van der Waals surface area (Å²) in [5.41, 5.74) is 1.70. The molecule has 38 heavy (non-hydrogen) atoms. The number of methoxy groups -OCH3 is 2. The van der Waals surface area contributed by atoms with Crippen LogP contribution in [-0.4, -0.2) is 65.7 Å². The van der Waals surface area contributed by atoms with Gasteiger partial charge in [-0.15, -0.1) is 11.8 Å². The van der Waals surface area contributed by atoms with Crippen LogP contribution in [0, 0.1) is 11.8 Å². The average molecular weight is 539 g/mol. The molecule has 1 fully saturated rings. The molecule has 7 nitrogen and oxygen atoms in total. The number of hydrogen-bond donors (Lipinski definition) is 2. The Balaban J connectivity index is 1.34. The Morgan fingerprint density at radius 3 is 2.71 bits per heavy atom. The number of piperidine rings is 1. The lowest BCUT2D eigenvalue weighted by Gasteiger charge is -2.39. The second-order valence-electron chi connectivity index (χ2n) is 9.95. The van der Waals surface area contributed by atoms with E-state index in [1.54, 1.807) is 20.4 Å². The maximum absolute atomic E-state index is 11.4. The monoisotopic (exact) mass is 538 g/mol. The number of likely N-dealkylation sites (tertiary alicyclic amines) is 1. The minimum atomic E-state index is -0.744. The molecule has 0 bridgehead atoms. The topological polar surface area (TPSA) is 92.1 Å². The maximum atomic E-state index is 11.4. The second-order valence-corrected chi connectivity index (χ2v) is 11.1. The zero-order chi connectivity index (χ0) is 26.9. The van der Waals surface area contributed by atoms with Crippen LogP contribution < -0.4 is 9.47 Å². The first-order valence-electron chi connectivity index (χ1n) is 13.3. The number of carboxylic acids is 1. The Bertz CT molecular complexity index is 1210. The van der Waals surface area contributed by atoms with Crippen LogP contribution in [0.2, 0.25) is 0 Å². The van der Waals surface area contributed by atoms with Gasteiger partial charge >= 0.3 is 5.97 Å². The number of ether oxygens (including phenoxy) is 2. The summed E-state index contributed by atoms with van der Waals surface area (Å²) in [5, 5.41) is 21.4. The number of nitrogens with zero attached hydrogens (tertiary/aromatic N) is 2. The predicted molar refractivity (Wildman–Crippen MR) is 151 cm³/mol. The maximum Gasteiger partial charge on any atom is 0.303 e. The summed E-state index contributed by atoms with van der Waals surface area (Å²) in [5.74, 6) is 2.54. The minimum absolute atomic E-state index is 0.185. The van der Waals surface area contributed by atoms with Gasteiger partial charge in [-0.1, -0.05) is 6.07 Å². The van der Waals surface area contributed by atoms with Crippen LogP contribution in [0.5, 0.6) is 11.5 Å². The summed E-state index contributed by atoms with van der Waals surface area (Å²) >= 11 is 1.82. The number of aliphatic carboxylic acids is 1. The number of benzene rings is 2. The second kappa shape index (κ2) is 13.8. The van der Waals surface area contributed by atoms with Crippen molar-refractivity contribution in [3.63, 3.8) is 0 Å². The van der Waals surface area contributed by atoms with Crippen LogP contribution >= 0.6 is 11.8 Å². The molecule has 1 aromatic heterocycles. The van der Waals surface area contributed by atoms with Gasteiger partial charge in [-0.3, -0.25) is 9.78 Å². The lowest BCUT2D eigenvalue weighted by molar-refractivity contribution is -0.137. The Morgan fingerprint density at radius 2 is 1.92 bits per heavy atom.